The number of hydrogen-bond acceptors (Lipinski definition) is 5. The molecule has 0 radical (unpaired) electrons. The van der Waals surface area contributed by atoms with Crippen molar-refractivity contribution in [2.45, 2.75) is 6.54 Å². The highest BCUT2D eigenvalue weighted by molar-refractivity contribution is 5.90. The van der Waals surface area contributed by atoms with Gasteiger partial charge in [0.15, 0.2) is 0 Å². The second-order valence-electron chi connectivity index (χ2n) is 5.65. The Balaban J connectivity index is 1.77. The van der Waals surface area contributed by atoms with Gasteiger partial charge in [-0.05, 0) is 35.9 Å². The Kier molecular flexibility index (Phi) is 5.70. The van der Waals surface area contributed by atoms with E-state index in [9.17, 15) is 4.79 Å². The summed E-state index contributed by atoms with van der Waals surface area (Å²) in [5.41, 5.74) is 3.39. The fraction of sp³-hybridized carbons (Fsp3) is 0.263. The number of fused-ring (bicyclic) bond motifs is 1. The molecule has 0 fully saturated rings. The van der Waals surface area contributed by atoms with Crippen molar-refractivity contribution in [2.24, 2.45) is 0 Å². The molecule has 1 aromatic heterocycles. The molecule has 0 saturated carbocycles. The van der Waals surface area contributed by atoms with Gasteiger partial charge < -0.3 is 19.2 Å². The van der Waals surface area contributed by atoms with E-state index in [-0.39, 0.29) is 0 Å². The zero-order chi connectivity index (χ0) is 18.4. The summed E-state index contributed by atoms with van der Waals surface area (Å²) in [4.78, 5) is 21.1. The molecule has 1 heterocycles. The van der Waals surface area contributed by atoms with Crippen LogP contribution in [0.5, 0.6) is 5.75 Å². The highest BCUT2D eigenvalue weighted by atomic mass is 16.5. The zero-order valence-electron chi connectivity index (χ0n) is 14.8. The van der Waals surface area contributed by atoms with E-state index in [1.807, 2.05) is 42.5 Å². The van der Waals surface area contributed by atoms with Gasteiger partial charge in [0, 0.05) is 12.8 Å². The van der Waals surface area contributed by atoms with Crippen LogP contribution in [0.1, 0.15) is 5.56 Å². The average Bonchev–Trinajstić information content (AvgIpc) is 3.14. The van der Waals surface area contributed by atoms with Gasteiger partial charge in [-0.1, -0.05) is 12.1 Å². The Bertz CT molecular complexity index is 861. The molecule has 0 aliphatic carbocycles. The van der Waals surface area contributed by atoms with Crippen molar-refractivity contribution >= 4 is 22.8 Å². The van der Waals surface area contributed by atoms with E-state index < -0.39 is 6.09 Å². The number of aromatic nitrogens is 2. The normalized spacial score (nSPS) is 10.7. The van der Waals surface area contributed by atoms with Gasteiger partial charge in [0.25, 0.3) is 0 Å². The molecule has 0 saturated heterocycles. The van der Waals surface area contributed by atoms with Gasteiger partial charge in [-0.3, -0.25) is 4.90 Å². The molecule has 2 aromatic carbocycles. The van der Waals surface area contributed by atoms with E-state index >= 15 is 0 Å². The second kappa shape index (κ2) is 8.35. The van der Waals surface area contributed by atoms with E-state index in [2.05, 4.69) is 9.97 Å². The average molecular weight is 355 g/mol. The smallest absolute Gasteiger partial charge is 0.414 e. The topological polar surface area (TPSA) is 76.7 Å². The molecular formula is C19H21N3O4. The van der Waals surface area contributed by atoms with Gasteiger partial charge in [-0.2, -0.15) is 0 Å². The van der Waals surface area contributed by atoms with Crippen molar-refractivity contribution in [1.82, 2.24) is 9.97 Å². The van der Waals surface area contributed by atoms with Crippen molar-refractivity contribution in [3.8, 4) is 5.75 Å². The minimum Gasteiger partial charge on any atom is -0.491 e. The van der Waals surface area contributed by atoms with Crippen molar-refractivity contribution in [1.29, 1.82) is 0 Å². The maximum atomic E-state index is 12.3. The van der Waals surface area contributed by atoms with Crippen LogP contribution in [0.25, 0.3) is 11.0 Å². The maximum absolute atomic E-state index is 12.3. The number of rotatable bonds is 7. The summed E-state index contributed by atoms with van der Waals surface area (Å²) in [6.45, 7) is 1.41. The van der Waals surface area contributed by atoms with E-state index in [0.29, 0.717) is 19.8 Å². The number of carbonyl (C=O) groups is 1. The molecule has 3 rings (SSSR count). The number of nitrogens with one attached hydrogen (secondary N) is 1. The fourth-order valence-corrected chi connectivity index (χ4v) is 2.58. The molecule has 136 valence electrons. The van der Waals surface area contributed by atoms with Gasteiger partial charge in [-0.25, -0.2) is 9.78 Å². The molecule has 0 bridgehead atoms. The maximum Gasteiger partial charge on any atom is 0.414 e. The fourth-order valence-electron chi connectivity index (χ4n) is 2.58. The molecule has 0 spiro atoms. The lowest BCUT2D eigenvalue weighted by molar-refractivity contribution is 0.146. The Morgan fingerprint density at radius 2 is 1.92 bits per heavy atom. The quantitative estimate of drug-likeness (QED) is 0.658. The molecule has 0 aliphatic rings. The molecule has 0 aliphatic heterocycles. The first-order valence-corrected chi connectivity index (χ1v) is 8.20. The summed E-state index contributed by atoms with van der Waals surface area (Å²) in [7, 11) is 3.01. The number of benzene rings is 2. The minimum atomic E-state index is -0.427. The number of carbonyl (C=O) groups excluding carboxylic acids is 1. The molecule has 0 atom stereocenters. The van der Waals surface area contributed by atoms with E-state index in [4.69, 9.17) is 14.2 Å². The molecule has 0 unspecified atom stereocenters. The Labute approximate surface area is 151 Å². The highest BCUT2D eigenvalue weighted by Crippen LogP contribution is 2.23. The molecule has 26 heavy (non-hydrogen) atoms. The number of hydrogen-bond donors (Lipinski definition) is 1. The van der Waals surface area contributed by atoms with Crippen LogP contribution < -0.4 is 9.64 Å². The zero-order valence-corrected chi connectivity index (χ0v) is 14.8. The number of H-pyrrole nitrogens is 1. The second-order valence-corrected chi connectivity index (χ2v) is 5.65. The van der Waals surface area contributed by atoms with Crippen molar-refractivity contribution in [3.63, 3.8) is 0 Å². The van der Waals surface area contributed by atoms with Crippen molar-refractivity contribution in [2.75, 3.05) is 32.3 Å². The number of nitrogens with zero attached hydrogens (tertiary/aromatic N) is 2. The standard InChI is InChI=1S/C19H21N3O4/c1-24-9-10-26-16-6-3-14(4-7-16)12-22(19(23)25-2)15-5-8-17-18(11-15)21-13-20-17/h3-8,11,13H,9-10,12H2,1-2H3,(H,20,21). The summed E-state index contributed by atoms with van der Waals surface area (Å²) >= 11 is 0. The first kappa shape index (κ1) is 17.8. The largest absolute Gasteiger partial charge is 0.491 e. The van der Waals surface area contributed by atoms with Gasteiger partial charge in [-0.15, -0.1) is 0 Å². The van der Waals surface area contributed by atoms with Crippen LogP contribution in [0.4, 0.5) is 10.5 Å². The summed E-state index contributed by atoms with van der Waals surface area (Å²) in [5.74, 6) is 0.759. The first-order valence-electron chi connectivity index (χ1n) is 8.20. The summed E-state index contributed by atoms with van der Waals surface area (Å²) in [6.07, 6.45) is 1.20. The summed E-state index contributed by atoms with van der Waals surface area (Å²) in [5, 5.41) is 0. The lowest BCUT2D eigenvalue weighted by atomic mass is 10.2. The van der Waals surface area contributed by atoms with E-state index in [1.54, 1.807) is 18.3 Å². The SMILES string of the molecule is COCCOc1ccc(CN(C(=O)OC)c2ccc3nc[nH]c3c2)cc1. The Hall–Kier alpha value is -3.06. The van der Waals surface area contributed by atoms with Crippen molar-refractivity contribution < 1.29 is 19.0 Å². The minimum absolute atomic E-state index is 0.380. The predicted molar refractivity (Wildman–Crippen MR) is 98.5 cm³/mol. The van der Waals surface area contributed by atoms with Crippen LogP contribution in [0.2, 0.25) is 0 Å². The third-order valence-electron chi connectivity index (χ3n) is 3.93. The lowest BCUT2D eigenvalue weighted by Crippen LogP contribution is -2.30. The number of aromatic amines is 1. The third-order valence-corrected chi connectivity index (χ3v) is 3.93. The van der Waals surface area contributed by atoms with Gasteiger partial charge in [0.2, 0.25) is 0 Å². The molecule has 1 N–H and O–H groups in total. The van der Waals surface area contributed by atoms with Crippen LogP contribution >= 0.6 is 0 Å². The van der Waals surface area contributed by atoms with Gasteiger partial charge in [0.05, 0.1) is 37.6 Å². The van der Waals surface area contributed by atoms with Crippen LogP contribution in [-0.4, -0.2) is 43.5 Å². The van der Waals surface area contributed by atoms with E-state index in [1.165, 1.54) is 7.11 Å². The molecule has 7 heteroatoms. The summed E-state index contributed by atoms with van der Waals surface area (Å²) in [6, 6.07) is 13.2. The predicted octanol–water partition coefficient (Wildman–Crippen LogP) is 3.36. The monoisotopic (exact) mass is 355 g/mol. The third kappa shape index (κ3) is 4.12. The highest BCUT2D eigenvalue weighted by Gasteiger charge is 2.17. The van der Waals surface area contributed by atoms with Crippen LogP contribution in [0, 0.1) is 0 Å². The Morgan fingerprint density at radius 3 is 2.65 bits per heavy atom. The number of imidazole rings is 1. The molecule has 3 aromatic rings. The Morgan fingerprint density at radius 1 is 1.12 bits per heavy atom. The van der Waals surface area contributed by atoms with Crippen LogP contribution in [0.3, 0.4) is 0 Å². The first-order chi connectivity index (χ1) is 12.7. The number of anilines is 1. The number of amides is 1. The van der Waals surface area contributed by atoms with Crippen molar-refractivity contribution in [3.05, 3.63) is 54.4 Å². The number of ether oxygens (including phenoxy) is 3. The van der Waals surface area contributed by atoms with Crippen LogP contribution in [-0.2, 0) is 16.0 Å². The molecule has 7 nitrogen and oxygen atoms in total. The van der Waals surface area contributed by atoms with E-state index in [0.717, 1.165) is 28.0 Å². The lowest BCUT2D eigenvalue weighted by Gasteiger charge is -2.21. The number of methoxy groups -OCH3 is 2. The molecule has 1 amide bonds. The summed E-state index contributed by atoms with van der Waals surface area (Å²) < 4.78 is 15.5. The van der Waals surface area contributed by atoms with Gasteiger partial charge >= 0.3 is 6.09 Å². The molecular weight excluding hydrogens is 334 g/mol. The van der Waals surface area contributed by atoms with Crippen LogP contribution in [0.15, 0.2) is 48.8 Å². The van der Waals surface area contributed by atoms with Gasteiger partial charge in [0.1, 0.15) is 12.4 Å².